The Balaban J connectivity index is 1.54. The molecule has 0 bridgehead atoms. The Hall–Kier alpha value is -2.79. The highest BCUT2D eigenvalue weighted by Gasteiger charge is 2.33. The Morgan fingerprint density at radius 1 is 1.14 bits per heavy atom. The number of dihydropyridines is 1. The first-order valence-corrected chi connectivity index (χ1v) is 9.82. The van der Waals surface area contributed by atoms with Gasteiger partial charge >= 0.3 is 0 Å². The number of pyridine rings is 1. The molecule has 0 fully saturated rings. The van der Waals surface area contributed by atoms with Crippen LogP contribution in [0.4, 0.5) is 0 Å². The number of halogens is 1. The molecule has 140 valence electrons. The molecule has 0 N–H and O–H groups in total. The van der Waals surface area contributed by atoms with Gasteiger partial charge in [-0.1, -0.05) is 35.4 Å². The maximum atomic E-state index is 12.7. The van der Waals surface area contributed by atoms with E-state index < -0.39 is 6.04 Å². The first-order chi connectivity index (χ1) is 13.7. The lowest BCUT2D eigenvalue weighted by Gasteiger charge is -2.29. The van der Waals surface area contributed by atoms with Crippen LogP contribution < -0.4 is 0 Å². The molecular formula is C22H18ClN3O2. The summed E-state index contributed by atoms with van der Waals surface area (Å²) in [6.45, 7) is 0. The Morgan fingerprint density at radius 2 is 2.04 bits per heavy atom. The van der Waals surface area contributed by atoms with Gasteiger partial charge in [0.15, 0.2) is 11.4 Å². The van der Waals surface area contributed by atoms with Gasteiger partial charge in [0, 0.05) is 35.9 Å². The number of aromatic nitrogens is 2. The fraction of sp³-hybridized carbons (Fsp3) is 0.273. The van der Waals surface area contributed by atoms with Gasteiger partial charge in [0.1, 0.15) is 16.7 Å². The van der Waals surface area contributed by atoms with Gasteiger partial charge in [0.2, 0.25) is 5.89 Å². The van der Waals surface area contributed by atoms with Crippen molar-refractivity contribution in [2.45, 2.75) is 38.1 Å². The number of para-hydroxylation sites is 2. The third-order valence-electron chi connectivity index (χ3n) is 5.34. The summed E-state index contributed by atoms with van der Waals surface area (Å²) in [5.41, 5.74) is 5.33. The first-order valence-electron chi connectivity index (χ1n) is 9.44. The number of carbonyl (C=O) groups excluding carboxylic acids is 1. The second-order valence-corrected chi connectivity index (χ2v) is 7.56. The van der Waals surface area contributed by atoms with Crippen molar-refractivity contribution in [2.75, 3.05) is 0 Å². The Bertz CT molecular complexity index is 1110. The molecule has 1 aliphatic heterocycles. The average molecular weight is 392 g/mol. The van der Waals surface area contributed by atoms with Crippen LogP contribution in [0.15, 0.2) is 63.2 Å². The smallest absolute Gasteiger partial charge is 0.201 e. The molecule has 2 aliphatic rings. The second-order valence-electron chi connectivity index (χ2n) is 7.20. The van der Waals surface area contributed by atoms with E-state index in [1.807, 2.05) is 36.4 Å². The molecule has 1 aromatic carbocycles. The SMILES string of the molecule is O=C1CCCC2=C1C(c1cccnc1Cl)N=C(Cc1nc3ccccc3o1)C2. The lowest BCUT2D eigenvalue weighted by Crippen LogP contribution is -2.24. The van der Waals surface area contributed by atoms with Crippen molar-refractivity contribution in [3.8, 4) is 0 Å². The van der Waals surface area contributed by atoms with E-state index in [0.29, 0.717) is 30.3 Å². The molecule has 1 aliphatic carbocycles. The standard InChI is InChI=1S/C22H18ClN3O2/c23-22-15(6-4-10-24-22)21-20-13(5-3-8-17(20)27)11-14(25-21)12-19-26-16-7-1-2-9-18(16)28-19/h1-2,4,6-7,9-10,21H,3,5,8,11-12H2. The summed E-state index contributed by atoms with van der Waals surface area (Å²) in [7, 11) is 0. The van der Waals surface area contributed by atoms with E-state index in [1.165, 1.54) is 5.57 Å². The highest BCUT2D eigenvalue weighted by Crippen LogP contribution is 2.41. The van der Waals surface area contributed by atoms with Gasteiger partial charge < -0.3 is 4.42 Å². The molecule has 0 saturated heterocycles. The van der Waals surface area contributed by atoms with Crippen molar-refractivity contribution >= 4 is 34.2 Å². The molecule has 5 nitrogen and oxygen atoms in total. The van der Waals surface area contributed by atoms with Crippen LogP contribution in [-0.2, 0) is 11.2 Å². The first kappa shape index (κ1) is 17.3. The zero-order valence-corrected chi connectivity index (χ0v) is 15.9. The molecule has 3 heterocycles. The number of hydrogen-bond donors (Lipinski definition) is 0. The topological polar surface area (TPSA) is 68.3 Å². The van der Waals surface area contributed by atoms with Crippen LogP contribution in [0.25, 0.3) is 11.1 Å². The Kier molecular flexibility index (Phi) is 4.32. The molecule has 2 aromatic heterocycles. The number of ketones is 1. The van der Waals surface area contributed by atoms with Gasteiger partial charge in [-0.2, -0.15) is 0 Å². The summed E-state index contributed by atoms with van der Waals surface area (Å²) in [5.74, 6) is 0.818. The summed E-state index contributed by atoms with van der Waals surface area (Å²) in [4.78, 5) is 26.4. The lowest BCUT2D eigenvalue weighted by molar-refractivity contribution is -0.116. The zero-order chi connectivity index (χ0) is 19.1. The summed E-state index contributed by atoms with van der Waals surface area (Å²) >= 11 is 6.35. The number of oxazole rings is 1. The number of allylic oxidation sites excluding steroid dienone is 1. The van der Waals surface area contributed by atoms with Crippen LogP contribution in [0, 0.1) is 0 Å². The number of rotatable bonds is 3. The molecule has 1 unspecified atom stereocenters. The lowest BCUT2D eigenvalue weighted by atomic mass is 9.80. The fourth-order valence-electron chi connectivity index (χ4n) is 4.10. The normalized spacial score (nSPS) is 19.7. The fourth-order valence-corrected chi connectivity index (χ4v) is 4.33. The number of fused-ring (bicyclic) bond motifs is 1. The van der Waals surface area contributed by atoms with Gasteiger partial charge in [0.25, 0.3) is 0 Å². The van der Waals surface area contributed by atoms with E-state index in [0.717, 1.165) is 40.8 Å². The average Bonchev–Trinajstić information content (AvgIpc) is 3.10. The Labute approximate surface area is 167 Å². The van der Waals surface area contributed by atoms with Crippen LogP contribution in [0.2, 0.25) is 5.15 Å². The molecule has 6 heteroatoms. The number of carbonyl (C=O) groups is 1. The minimum absolute atomic E-state index is 0.177. The van der Waals surface area contributed by atoms with Gasteiger partial charge in [-0.15, -0.1) is 0 Å². The highest BCUT2D eigenvalue weighted by molar-refractivity contribution is 6.30. The maximum Gasteiger partial charge on any atom is 0.201 e. The van der Waals surface area contributed by atoms with Crippen LogP contribution in [0.3, 0.4) is 0 Å². The third kappa shape index (κ3) is 3.06. The quantitative estimate of drug-likeness (QED) is 0.585. The van der Waals surface area contributed by atoms with Gasteiger partial charge in [-0.05, 0) is 31.0 Å². The molecule has 5 rings (SSSR count). The van der Waals surface area contributed by atoms with Gasteiger partial charge in [0.05, 0.1) is 6.42 Å². The molecule has 3 aromatic rings. The number of benzene rings is 1. The predicted octanol–water partition coefficient (Wildman–Crippen LogP) is 5.05. The van der Waals surface area contributed by atoms with Gasteiger partial charge in [-0.3, -0.25) is 9.79 Å². The number of hydrogen-bond acceptors (Lipinski definition) is 5. The van der Waals surface area contributed by atoms with Crippen LogP contribution >= 0.6 is 11.6 Å². The van der Waals surface area contributed by atoms with Crippen molar-refractivity contribution in [3.63, 3.8) is 0 Å². The van der Waals surface area contributed by atoms with E-state index in [2.05, 4.69) is 9.97 Å². The molecule has 0 radical (unpaired) electrons. The number of nitrogens with zero attached hydrogens (tertiary/aromatic N) is 3. The molecular weight excluding hydrogens is 374 g/mol. The minimum Gasteiger partial charge on any atom is -0.440 e. The second kappa shape index (κ2) is 6.99. The monoisotopic (exact) mass is 391 g/mol. The molecule has 28 heavy (non-hydrogen) atoms. The molecule has 1 atom stereocenters. The van der Waals surface area contributed by atoms with Crippen molar-refractivity contribution < 1.29 is 9.21 Å². The van der Waals surface area contributed by atoms with Crippen LogP contribution in [0.1, 0.15) is 43.2 Å². The van der Waals surface area contributed by atoms with Crippen molar-refractivity contribution in [1.82, 2.24) is 9.97 Å². The molecule has 0 spiro atoms. The Morgan fingerprint density at radius 3 is 2.89 bits per heavy atom. The summed E-state index contributed by atoms with van der Waals surface area (Å²) in [6.07, 6.45) is 5.24. The highest BCUT2D eigenvalue weighted by atomic mass is 35.5. The predicted molar refractivity (Wildman–Crippen MR) is 108 cm³/mol. The van der Waals surface area contributed by atoms with Crippen LogP contribution in [0.5, 0.6) is 0 Å². The van der Waals surface area contributed by atoms with E-state index >= 15 is 0 Å². The van der Waals surface area contributed by atoms with E-state index in [9.17, 15) is 4.79 Å². The number of aliphatic imine (C=N–C) groups is 1. The van der Waals surface area contributed by atoms with Crippen molar-refractivity contribution in [1.29, 1.82) is 0 Å². The summed E-state index contributed by atoms with van der Waals surface area (Å²) in [5, 5.41) is 0.393. The molecule has 0 saturated carbocycles. The van der Waals surface area contributed by atoms with Crippen molar-refractivity contribution in [2.24, 2.45) is 4.99 Å². The van der Waals surface area contributed by atoms with E-state index in [-0.39, 0.29) is 5.78 Å². The van der Waals surface area contributed by atoms with E-state index in [1.54, 1.807) is 6.20 Å². The van der Waals surface area contributed by atoms with Crippen LogP contribution in [-0.4, -0.2) is 21.5 Å². The van der Waals surface area contributed by atoms with Gasteiger partial charge in [-0.25, -0.2) is 9.97 Å². The third-order valence-corrected chi connectivity index (χ3v) is 5.66. The minimum atomic E-state index is -0.392. The molecule has 0 amide bonds. The summed E-state index contributed by atoms with van der Waals surface area (Å²) < 4.78 is 5.88. The summed E-state index contributed by atoms with van der Waals surface area (Å²) in [6, 6.07) is 11.1. The largest absolute Gasteiger partial charge is 0.440 e. The zero-order valence-electron chi connectivity index (χ0n) is 15.2. The van der Waals surface area contributed by atoms with E-state index in [4.69, 9.17) is 21.0 Å². The maximum absolute atomic E-state index is 12.7. The van der Waals surface area contributed by atoms with Crippen molar-refractivity contribution in [3.05, 3.63) is 70.3 Å². The number of Topliss-reactive ketones (excluding diaryl/α,β-unsaturated/α-hetero) is 1.